The number of nitrogens with zero attached hydrogens (tertiary/aromatic N) is 4. The fraction of sp³-hybridized carbons (Fsp3) is 0.0833. The van der Waals surface area contributed by atoms with Crippen molar-refractivity contribution in [1.82, 2.24) is 15.0 Å². The molecule has 1 heterocycles. The fourth-order valence-corrected chi connectivity index (χ4v) is 2.86. The van der Waals surface area contributed by atoms with E-state index in [4.69, 9.17) is 0 Å². The van der Waals surface area contributed by atoms with Gasteiger partial charge in [0.05, 0.1) is 6.21 Å². The molecule has 0 aliphatic rings. The summed E-state index contributed by atoms with van der Waals surface area (Å²) in [6.45, 7) is 0.722. The third kappa shape index (κ3) is 6.76. The molecule has 10 heteroatoms. The van der Waals surface area contributed by atoms with E-state index in [2.05, 4.69) is 36.1 Å². The van der Waals surface area contributed by atoms with E-state index in [1.807, 2.05) is 0 Å². The van der Waals surface area contributed by atoms with Gasteiger partial charge in [0, 0.05) is 13.1 Å². The number of benzene rings is 3. The first kappa shape index (κ1) is 22.7. The molecule has 4 rings (SSSR count). The largest absolute Gasteiger partial charge is 0.350 e. The first-order chi connectivity index (χ1) is 16.5. The Morgan fingerprint density at radius 3 is 1.47 bits per heavy atom. The molecule has 0 atom stereocenters. The zero-order chi connectivity index (χ0) is 23.8. The summed E-state index contributed by atoms with van der Waals surface area (Å²) < 4.78 is 39.3. The summed E-state index contributed by atoms with van der Waals surface area (Å²) in [6.07, 6.45) is 1.50. The van der Waals surface area contributed by atoms with Crippen molar-refractivity contribution in [2.75, 3.05) is 16.1 Å². The Labute approximate surface area is 193 Å². The first-order valence-corrected chi connectivity index (χ1v) is 10.3. The number of hydrazone groups is 1. The summed E-state index contributed by atoms with van der Waals surface area (Å²) in [6, 6.07) is 17.9. The van der Waals surface area contributed by atoms with E-state index in [-0.39, 0.29) is 35.3 Å². The number of aromatic nitrogens is 3. The van der Waals surface area contributed by atoms with E-state index in [0.717, 1.165) is 11.1 Å². The van der Waals surface area contributed by atoms with Gasteiger partial charge in [-0.05, 0) is 53.1 Å². The molecule has 0 amide bonds. The molecule has 0 saturated heterocycles. The molecule has 0 spiro atoms. The number of halogens is 3. The first-order valence-electron chi connectivity index (χ1n) is 10.3. The molecular formula is C24H20F3N7. The minimum atomic E-state index is -0.337. The van der Waals surface area contributed by atoms with E-state index in [1.165, 1.54) is 42.6 Å². The van der Waals surface area contributed by atoms with E-state index < -0.39 is 0 Å². The number of hydrogen-bond donors (Lipinski definition) is 3. The third-order valence-corrected chi connectivity index (χ3v) is 4.61. The Bertz CT molecular complexity index is 1180. The molecule has 3 aromatic carbocycles. The SMILES string of the molecule is Fc1ccc(/C=N/Nc2nc(NCc3ccc(F)cc3)nc(NCc3ccc(F)cc3)n2)cc1. The zero-order valence-corrected chi connectivity index (χ0v) is 17.8. The lowest BCUT2D eigenvalue weighted by Crippen LogP contribution is -2.11. The highest BCUT2D eigenvalue weighted by molar-refractivity contribution is 5.79. The quantitative estimate of drug-likeness (QED) is 0.240. The van der Waals surface area contributed by atoms with Crippen molar-refractivity contribution < 1.29 is 13.2 Å². The number of nitrogens with one attached hydrogen (secondary N) is 3. The van der Waals surface area contributed by atoms with Crippen LogP contribution in [0.1, 0.15) is 16.7 Å². The maximum Gasteiger partial charge on any atom is 0.250 e. The lowest BCUT2D eigenvalue weighted by Gasteiger charge is -2.10. The van der Waals surface area contributed by atoms with E-state index >= 15 is 0 Å². The van der Waals surface area contributed by atoms with Gasteiger partial charge >= 0.3 is 0 Å². The summed E-state index contributed by atoms with van der Waals surface area (Å²) in [5.74, 6) is -0.280. The molecule has 0 saturated carbocycles. The standard InChI is InChI=1S/C24H20F3N7/c25-19-7-1-16(2-8-19)13-28-22-31-23(29-14-17-3-9-20(26)10-4-17)33-24(32-22)34-30-15-18-5-11-21(27)12-6-18/h1-12,15H,13-14H2,(H3,28,29,31,32,33,34)/b30-15+. The van der Waals surface area contributed by atoms with E-state index in [0.29, 0.717) is 18.7 Å². The van der Waals surface area contributed by atoms with Crippen LogP contribution in [0.5, 0.6) is 0 Å². The van der Waals surface area contributed by atoms with Crippen molar-refractivity contribution in [1.29, 1.82) is 0 Å². The molecule has 0 bridgehead atoms. The summed E-state index contributed by atoms with van der Waals surface area (Å²) >= 11 is 0. The molecule has 0 radical (unpaired) electrons. The van der Waals surface area contributed by atoms with Crippen molar-refractivity contribution in [3.05, 3.63) is 107 Å². The summed E-state index contributed by atoms with van der Waals surface area (Å²) in [5, 5.41) is 10.2. The van der Waals surface area contributed by atoms with E-state index in [1.54, 1.807) is 36.4 Å². The molecule has 0 aliphatic heterocycles. The van der Waals surface area contributed by atoms with Crippen LogP contribution >= 0.6 is 0 Å². The molecule has 3 N–H and O–H groups in total. The lowest BCUT2D eigenvalue weighted by molar-refractivity contribution is 0.626. The van der Waals surface area contributed by atoms with Crippen LogP contribution in [0, 0.1) is 17.5 Å². The molecule has 0 aliphatic carbocycles. The summed E-state index contributed by atoms with van der Waals surface area (Å²) in [7, 11) is 0. The smallest absolute Gasteiger partial charge is 0.250 e. The average molecular weight is 463 g/mol. The van der Waals surface area contributed by atoms with Gasteiger partial charge in [0.2, 0.25) is 17.8 Å². The second-order valence-corrected chi connectivity index (χ2v) is 7.19. The minimum absolute atomic E-state index is 0.163. The number of rotatable bonds is 9. The molecule has 172 valence electrons. The van der Waals surface area contributed by atoms with Gasteiger partial charge < -0.3 is 10.6 Å². The monoisotopic (exact) mass is 463 g/mol. The normalized spacial score (nSPS) is 10.9. The van der Waals surface area contributed by atoms with Gasteiger partial charge in [-0.1, -0.05) is 36.4 Å². The van der Waals surface area contributed by atoms with Crippen LogP contribution in [-0.4, -0.2) is 21.2 Å². The molecule has 34 heavy (non-hydrogen) atoms. The van der Waals surface area contributed by atoms with Gasteiger partial charge in [-0.3, -0.25) is 0 Å². The number of hydrogen-bond acceptors (Lipinski definition) is 7. The van der Waals surface area contributed by atoms with Gasteiger partial charge in [-0.15, -0.1) is 0 Å². The molecule has 0 unspecified atom stereocenters. The molecule has 7 nitrogen and oxygen atoms in total. The predicted octanol–water partition coefficient (Wildman–Crippen LogP) is 4.96. The van der Waals surface area contributed by atoms with Crippen LogP contribution in [-0.2, 0) is 13.1 Å². The minimum Gasteiger partial charge on any atom is -0.350 e. The number of anilines is 3. The maximum atomic E-state index is 13.1. The predicted molar refractivity (Wildman–Crippen MR) is 125 cm³/mol. The van der Waals surface area contributed by atoms with Crippen LogP contribution in [0.25, 0.3) is 0 Å². The third-order valence-electron chi connectivity index (χ3n) is 4.61. The highest BCUT2D eigenvalue weighted by atomic mass is 19.1. The van der Waals surface area contributed by atoms with Crippen LogP contribution in [0.4, 0.5) is 31.0 Å². The van der Waals surface area contributed by atoms with Crippen molar-refractivity contribution in [3.8, 4) is 0 Å². The van der Waals surface area contributed by atoms with Crippen LogP contribution in [0.2, 0.25) is 0 Å². The highest BCUT2D eigenvalue weighted by Gasteiger charge is 2.07. The Balaban J connectivity index is 1.48. The van der Waals surface area contributed by atoms with Gasteiger partial charge in [-0.2, -0.15) is 20.1 Å². The van der Waals surface area contributed by atoms with Crippen LogP contribution in [0.3, 0.4) is 0 Å². The summed E-state index contributed by atoms with van der Waals surface area (Å²) in [5.41, 5.74) is 5.10. The molecule has 4 aromatic rings. The molecular weight excluding hydrogens is 443 g/mol. The Hall–Kier alpha value is -4.47. The Kier molecular flexibility index (Phi) is 7.28. The average Bonchev–Trinajstić information content (AvgIpc) is 2.85. The van der Waals surface area contributed by atoms with Crippen molar-refractivity contribution in [2.24, 2.45) is 5.10 Å². The molecule has 1 aromatic heterocycles. The molecule has 0 fully saturated rings. The van der Waals surface area contributed by atoms with Crippen molar-refractivity contribution in [3.63, 3.8) is 0 Å². The lowest BCUT2D eigenvalue weighted by atomic mass is 10.2. The Morgan fingerprint density at radius 2 is 1.00 bits per heavy atom. The second-order valence-electron chi connectivity index (χ2n) is 7.19. The Morgan fingerprint density at radius 1 is 0.588 bits per heavy atom. The van der Waals surface area contributed by atoms with Gasteiger partial charge in [0.15, 0.2) is 0 Å². The maximum absolute atomic E-state index is 13.1. The van der Waals surface area contributed by atoms with Crippen molar-refractivity contribution in [2.45, 2.75) is 13.1 Å². The van der Waals surface area contributed by atoms with Crippen molar-refractivity contribution >= 4 is 24.1 Å². The van der Waals surface area contributed by atoms with Gasteiger partial charge in [0.25, 0.3) is 0 Å². The zero-order valence-electron chi connectivity index (χ0n) is 17.8. The highest BCUT2D eigenvalue weighted by Crippen LogP contribution is 2.13. The van der Waals surface area contributed by atoms with Gasteiger partial charge in [0.1, 0.15) is 17.5 Å². The second kappa shape index (κ2) is 10.9. The van der Waals surface area contributed by atoms with Gasteiger partial charge in [-0.25, -0.2) is 18.6 Å². The van der Waals surface area contributed by atoms with Crippen LogP contribution in [0.15, 0.2) is 77.9 Å². The van der Waals surface area contributed by atoms with E-state index in [9.17, 15) is 13.2 Å². The summed E-state index contributed by atoms with van der Waals surface area (Å²) in [4.78, 5) is 12.9. The fourth-order valence-electron chi connectivity index (χ4n) is 2.86. The van der Waals surface area contributed by atoms with Crippen LogP contribution < -0.4 is 16.1 Å². The topological polar surface area (TPSA) is 87.1 Å².